The van der Waals surface area contributed by atoms with Crippen molar-refractivity contribution in [2.45, 2.75) is 37.8 Å². The molecule has 0 spiro atoms. The van der Waals surface area contributed by atoms with E-state index in [0.29, 0.717) is 5.56 Å². The summed E-state index contributed by atoms with van der Waals surface area (Å²) in [5.41, 5.74) is -0.154. The van der Waals surface area contributed by atoms with Crippen molar-refractivity contribution in [1.82, 2.24) is 4.98 Å². The normalized spacial score (nSPS) is 15.9. The van der Waals surface area contributed by atoms with Gasteiger partial charge in [-0.15, -0.1) is 0 Å². The van der Waals surface area contributed by atoms with E-state index in [9.17, 15) is 27.8 Å². The van der Waals surface area contributed by atoms with E-state index < -0.39 is 35.4 Å². The monoisotopic (exact) mass is 358 g/mol. The number of rotatable bonds is 5. The van der Waals surface area contributed by atoms with Crippen LogP contribution in [-0.4, -0.2) is 27.9 Å². The number of hydrogen-bond donors (Lipinski definition) is 3. The van der Waals surface area contributed by atoms with Gasteiger partial charge < -0.3 is 10.2 Å². The highest BCUT2D eigenvalue weighted by atomic mass is 19.3. The SMILES string of the molecule is CC(C)(O)c1cc(-c2ccc(F)cc2)nc(C(O)(C(N)F)C(F)F)c1. The Morgan fingerprint density at radius 2 is 1.60 bits per heavy atom. The van der Waals surface area contributed by atoms with Crippen molar-refractivity contribution in [3.8, 4) is 11.3 Å². The smallest absolute Gasteiger partial charge is 0.276 e. The summed E-state index contributed by atoms with van der Waals surface area (Å²) in [4.78, 5) is 3.88. The highest BCUT2D eigenvalue weighted by Gasteiger charge is 2.48. The summed E-state index contributed by atoms with van der Waals surface area (Å²) in [5.74, 6) is -0.516. The van der Waals surface area contributed by atoms with Crippen molar-refractivity contribution in [2.24, 2.45) is 5.73 Å². The standard InChI is InChI=1S/C17H18F4N2O2/c1-16(2,24)10-7-12(9-3-5-11(18)6-4-9)23-13(8-10)17(25,14(19)20)15(21)22/h3-8,14-15,24-25H,22H2,1-2H3. The molecule has 1 aromatic heterocycles. The van der Waals surface area contributed by atoms with Crippen molar-refractivity contribution in [3.05, 3.63) is 53.5 Å². The Hall–Kier alpha value is -2.03. The van der Waals surface area contributed by atoms with Crippen LogP contribution in [0.15, 0.2) is 36.4 Å². The zero-order chi connectivity index (χ0) is 19.0. The third kappa shape index (κ3) is 3.81. The van der Waals surface area contributed by atoms with Crippen molar-refractivity contribution >= 4 is 0 Å². The topological polar surface area (TPSA) is 79.4 Å². The maximum Gasteiger partial charge on any atom is 0.276 e. The minimum Gasteiger partial charge on any atom is -0.386 e. The van der Waals surface area contributed by atoms with Crippen LogP contribution >= 0.6 is 0 Å². The van der Waals surface area contributed by atoms with E-state index in [1.54, 1.807) is 0 Å². The molecule has 2 aromatic rings. The molecular weight excluding hydrogens is 340 g/mol. The van der Waals surface area contributed by atoms with Gasteiger partial charge in [-0.3, -0.25) is 5.73 Å². The molecule has 0 radical (unpaired) electrons. The predicted molar refractivity (Wildman–Crippen MR) is 83.9 cm³/mol. The Kier molecular flexibility index (Phi) is 5.17. The molecule has 0 bridgehead atoms. The second-order valence-corrected chi connectivity index (χ2v) is 6.22. The Bertz CT molecular complexity index is 735. The van der Waals surface area contributed by atoms with Crippen LogP contribution in [0.2, 0.25) is 0 Å². The first-order chi connectivity index (χ1) is 11.5. The van der Waals surface area contributed by atoms with Gasteiger partial charge in [-0.1, -0.05) is 0 Å². The Morgan fingerprint density at radius 1 is 1.04 bits per heavy atom. The lowest BCUT2D eigenvalue weighted by Crippen LogP contribution is -2.49. The van der Waals surface area contributed by atoms with E-state index in [1.165, 1.54) is 32.0 Å². The molecule has 25 heavy (non-hydrogen) atoms. The summed E-state index contributed by atoms with van der Waals surface area (Å²) in [6.07, 6.45) is -6.36. The molecule has 8 heteroatoms. The highest BCUT2D eigenvalue weighted by molar-refractivity contribution is 5.60. The van der Waals surface area contributed by atoms with E-state index >= 15 is 0 Å². The minimum absolute atomic E-state index is 0.0503. The summed E-state index contributed by atoms with van der Waals surface area (Å²) < 4.78 is 53.3. The molecule has 0 aliphatic heterocycles. The molecule has 2 unspecified atom stereocenters. The predicted octanol–water partition coefficient (Wildman–Crippen LogP) is 2.82. The molecule has 0 saturated heterocycles. The van der Waals surface area contributed by atoms with Gasteiger partial charge in [-0.2, -0.15) is 0 Å². The summed E-state index contributed by atoms with van der Waals surface area (Å²) in [6.45, 7) is 2.77. The average Bonchev–Trinajstić information content (AvgIpc) is 2.53. The fraction of sp³-hybridized carbons (Fsp3) is 0.353. The number of aromatic nitrogens is 1. The van der Waals surface area contributed by atoms with E-state index in [-0.39, 0.29) is 11.3 Å². The van der Waals surface area contributed by atoms with Crippen LogP contribution in [0.5, 0.6) is 0 Å². The average molecular weight is 358 g/mol. The third-order valence-electron chi connectivity index (χ3n) is 3.84. The summed E-state index contributed by atoms with van der Waals surface area (Å²) in [7, 11) is 0. The van der Waals surface area contributed by atoms with Crippen molar-refractivity contribution in [3.63, 3.8) is 0 Å². The van der Waals surface area contributed by atoms with Gasteiger partial charge in [-0.25, -0.2) is 22.5 Å². The maximum absolute atomic E-state index is 13.6. The van der Waals surface area contributed by atoms with Gasteiger partial charge in [0.25, 0.3) is 6.43 Å². The van der Waals surface area contributed by atoms with Crippen LogP contribution < -0.4 is 5.73 Å². The number of halogens is 4. The number of nitrogens with two attached hydrogens (primary N) is 1. The molecule has 4 N–H and O–H groups in total. The lowest BCUT2D eigenvalue weighted by molar-refractivity contribution is -0.147. The van der Waals surface area contributed by atoms with Gasteiger partial charge in [0.15, 0.2) is 6.30 Å². The third-order valence-corrected chi connectivity index (χ3v) is 3.84. The summed E-state index contributed by atoms with van der Waals surface area (Å²) >= 11 is 0. The number of nitrogens with zero attached hydrogens (tertiary/aromatic N) is 1. The van der Waals surface area contributed by atoms with Gasteiger partial charge >= 0.3 is 0 Å². The molecule has 1 aromatic carbocycles. The van der Waals surface area contributed by atoms with Gasteiger partial charge in [0.05, 0.1) is 17.0 Å². The Morgan fingerprint density at radius 3 is 2.04 bits per heavy atom. The van der Waals surface area contributed by atoms with Gasteiger partial charge in [0.1, 0.15) is 5.82 Å². The van der Waals surface area contributed by atoms with Crippen LogP contribution in [0.3, 0.4) is 0 Å². The van der Waals surface area contributed by atoms with E-state index in [4.69, 9.17) is 5.73 Å². The number of alkyl halides is 3. The van der Waals surface area contributed by atoms with Crippen molar-refractivity contribution in [2.75, 3.05) is 0 Å². The Labute approximate surface area is 141 Å². The molecule has 4 nitrogen and oxygen atoms in total. The number of benzene rings is 1. The molecule has 2 rings (SSSR count). The molecular formula is C17H18F4N2O2. The van der Waals surface area contributed by atoms with Gasteiger partial charge in [0.2, 0.25) is 5.60 Å². The number of hydrogen-bond acceptors (Lipinski definition) is 4. The summed E-state index contributed by atoms with van der Waals surface area (Å²) in [6, 6.07) is 7.30. The van der Waals surface area contributed by atoms with Crippen molar-refractivity contribution < 1.29 is 27.8 Å². The first kappa shape index (κ1) is 19.3. The van der Waals surface area contributed by atoms with Crippen molar-refractivity contribution in [1.29, 1.82) is 0 Å². The second-order valence-electron chi connectivity index (χ2n) is 6.22. The lowest BCUT2D eigenvalue weighted by atomic mass is 9.91. The quantitative estimate of drug-likeness (QED) is 0.567. The van der Waals surface area contributed by atoms with Gasteiger partial charge in [-0.05, 0) is 55.8 Å². The molecule has 0 saturated carbocycles. The summed E-state index contributed by atoms with van der Waals surface area (Å²) in [5, 5.41) is 20.3. The van der Waals surface area contributed by atoms with Crippen LogP contribution in [0.25, 0.3) is 11.3 Å². The molecule has 0 amide bonds. The van der Waals surface area contributed by atoms with E-state index in [2.05, 4.69) is 4.98 Å². The van der Waals surface area contributed by atoms with E-state index in [1.807, 2.05) is 0 Å². The van der Waals surface area contributed by atoms with Crippen LogP contribution in [0.4, 0.5) is 17.6 Å². The zero-order valence-corrected chi connectivity index (χ0v) is 13.5. The first-order valence-corrected chi connectivity index (χ1v) is 7.37. The fourth-order valence-electron chi connectivity index (χ4n) is 2.23. The zero-order valence-electron chi connectivity index (χ0n) is 13.5. The minimum atomic E-state index is -3.56. The first-order valence-electron chi connectivity index (χ1n) is 7.37. The van der Waals surface area contributed by atoms with Gasteiger partial charge in [0, 0.05) is 5.56 Å². The largest absolute Gasteiger partial charge is 0.386 e. The number of pyridine rings is 1. The fourth-order valence-corrected chi connectivity index (χ4v) is 2.23. The van der Waals surface area contributed by atoms with Crippen LogP contribution in [-0.2, 0) is 11.2 Å². The van der Waals surface area contributed by atoms with Crippen LogP contribution in [0.1, 0.15) is 25.1 Å². The number of aliphatic hydroxyl groups is 2. The van der Waals surface area contributed by atoms with Crippen LogP contribution in [0, 0.1) is 5.82 Å². The second kappa shape index (κ2) is 6.70. The molecule has 0 fully saturated rings. The van der Waals surface area contributed by atoms with E-state index in [0.717, 1.165) is 18.2 Å². The Balaban J connectivity index is 2.72. The molecule has 0 aliphatic rings. The molecule has 136 valence electrons. The highest BCUT2D eigenvalue weighted by Crippen LogP contribution is 2.35. The lowest BCUT2D eigenvalue weighted by Gasteiger charge is -2.30. The molecule has 1 heterocycles. The molecule has 2 atom stereocenters. The maximum atomic E-state index is 13.6. The molecule has 0 aliphatic carbocycles.